The Morgan fingerprint density at radius 1 is 1.11 bits per heavy atom. The van der Waals surface area contributed by atoms with Crippen molar-refractivity contribution in [2.75, 3.05) is 14.2 Å². The second-order valence-corrected chi connectivity index (χ2v) is 6.39. The molecule has 0 N–H and O–H groups in total. The highest BCUT2D eigenvalue weighted by molar-refractivity contribution is 6.02. The summed E-state index contributed by atoms with van der Waals surface area (Å²) >= 11 is 0. The van der Waals surface area contributed by atoms with Crippen molar-refractivity contribution in [2.45, 2.75) is 19.0 Å². The summed E-state index contributed by atoms with van der Waals surface area (Å²) in [5.74, 6) is 0.132. The fourth-order valence-electron chi connectivity index (χ4n) is 3.74. The van der Waals surface area contributed by atoms with Gasteiger partial charge in [0.1, 0.15) is 5.75 Å². The SMILES string of the molecule is COC(=O)c1c2c(n3cc(C(F)(F)F)ccc13)-c1ccc(OC)cc1CC2. The maximum Gasteiger partial charge on any atom is 0.417 e. The second-order valence-electron chi connectivity index (χ2n) is 6.39. The summed E-state index contributed by atoms with van der Waals surface area (Å²) in [6.07, 6.45) is -2.25. The molecule has 2 aromatic heterocycles. The summed E-state index contributed by atoms with van der Waals surface area (Å²) in [6.45, 7) is 0. The molecule has 0 aliphatic heterocycles. The minimum Gasteiger partial charge on any atom is -0.497 e. The number of ether oxygens (including phenoxy) is 2. The Morgan fingerprint density at radius 3 is 2.56 bits per heavy atom. The molecule has 7 heteroatoms. The number of pyridine rings is 1. The van der Waals surface area contributed by atoms with Crippen LogP contribution in [0.5, 0.6) is 5.75 Å². The van der Waals surface area contributed by atoms with Crippen LogP contribution in [0.2, 0.25) is 0 Å². The molecule has 0 spiro atoms. The van der Waals surface area contributed by atoms with Crippen molar-refractivity contribution in [1.82, 2.24) is 4.40 Å². The Bertz CT molecular complexity index is 1070. The molecule has 0 fully saturated rings. The molecule has 0 atom stereocenters. The van der Waals surface area contributed by atoms with Gasteiger partial charge in [-0.2, -0.15) is 13.2 Å². The van der Waals surface area contributed by atoms with Gasteiger partial charge in [-0.15, -0.1) is 0 Å². The summed E-state index contributed by atoms with van der Waals surface area (Å²) in [5, 5.41) is 0. The van der Waals surface area contributed by atoms with Gasteiger partial charge in [0.15, 0.2) is 0 Å². The fraction of sp³-hybridized carbons (Fsp3) is 0.250. The molecule has 0 unspecified atom stereocenters. The molecule has 1 aliphatic rings. The normalized spacial score (nSPS) is 13.2. The standard InChI is InChI=1S/C20H16F3NO3/c1-26-13-5-7-14-11(9-13)3-6-15-17(19(25)27-2)16-8-4-12(20(21,22)23)10-24(16)18(14)15/h4-5,7-10H,3,6H2,1-2H3. The molecule has 4 nitrogen and oxygen atoms in total. The molecule has 1 aromatic carbocycles. The van der Waals surface area contributed by atoms with Crippen molar-refractivity contribution in [2.24, 2.45) is 0 Å². The number of fused-ring (bicyclic) bond motifs is 5. The highest BCUT2D eigenvalue weighted by Gasteiger charge is 2.34. The molecule has 0 radical (unpaired) electrons. The third kappa shape index (κ3) is 2.65. The molecular formula is C20H16F3NO3. The number of alkyl halides is 3. The van der Waals surface area contributed by atoms with Crippen molar-refractivity contribution in [3.63, 3.8) is 0 Å². The van der Waals surface area contributed by atoms with E-state index >= 15 is 0 Å². The van der Waals surface area contributed by atoms with Crippen LogP contribution in [-0.2, 0) is 23.8 Å². The monoisotopic (exact) mass is 375 g/mol. The van der Waals surface area contributed by atoms with Gasteiger partial charge in [-0.05, 0) is 54.3 Å². The van der Waals surface area contributed by atoms with E-state index in [2.05, 4.69) is 0 Å². The van der Waals surface area contributed by atoms with Crippen LogP contribution in [-0.4, -0.2) is 24.6 Å². The van der Waals surface area contributed by atoms with Gasteiger partial charge < -0.3 is 13.9 Å². The first-order valence-electron chi connectivity index (χ1n) is 8.35. The number of methoxy groups -OCH3 is 2. The average molecular weight is 375 g/mol. The number of aryl methyl sites for hydroxylation is 1. The van der Waals surface area contributed by atoms with Crippen molar-refractivity contribution in [1.29, 1.82) is 0 Å². The minimum atomic E-state index is -4.48. The zero-order chi connectivity index (χ0) is 19.3. The molecule has 2 heterocycles. The molecule has 3 aromatic rings. The minimum absolute atomic E-state index is 0.322. The van der Waals surface area contributed by atoms with E-state index in [0.29, 0.717) is 40.9 Å². The van der Waals surface area contributed by atoms with Crippen LogP contribution in [0.25, 0.3) is 16.8 Å². The largest absolute Gasteiger partial charge is 0.497 e. The van der Waals surface area contributed by atoms with Gasteiger partial charge >= 0.3 is 12.1 Å². The summed E-state index contributed by atoms with van der Waals surface area (Å²) in [4.78, 5) is 12.4. The summed E-state index contributed by atoms with van der Waals surface area (Å²) in [5.41, 5.74) is 3.02. The van der Waals surface area contributed by atoms with E-state index in [9.17, 15) is 18.0 Å². The Morgan fingerprint density at radius 2 is 1.89 bits per heavy atom. The van der Waals surface area contributed by atoms with Crippen molar-refractivity contribution in [3.8, 4) is 17.0 Å². The van der Waals surface area contributed by atoms with E-state index in [1.807, 2.05) is 12.1 Å². The van der Waals surface area contributed by atoms with Gasteiger partial charge in [-0.3, -0.25) is 0 Å². The molecule has 0 bridgehead atoms. The topological polar surface area (TPSA) is 39.9 Å². The number of esters is 1. The fourth-order valence-corrected chi connectivity index (χ4v) is 3.74. The summed E-state index contributed by atoms with van der Waals surface area (Å²) in [6, 6.07) is 7.78. The van der Waals surface area contributed by atoms with Crippen molar-refractivity contribution >= 4 is 11.5 Å². The van der Waals surface area contributed by atoms with Gasteiger partial charge in [-0.1, -0.05) is 0 Å². The van der Waals surface area contributed by atoms with Crippen LogP contribution < -0.4 is 4.74 Å². The third-order valence-electron chi connectivity index (χ3n) is 4.96. The highest BCUT2D eigenvalue weighted by atomic mass is 19.4. The molecule has 27 heavy (non-hydrogen) atoms. The van der Waals surface area contributed by atoms with Crippen LogP contribution in [0, 0.1) is 0 Å². The first-order chi connectivity index (χ1) is 12.8. The van der Waals surface area contributed by atoms with E-state index in [1.54, 1.807) is 13.2 Å². The third-order valence-corrected chi connectivity index (χ3v) is 4.96. The summed E-state index contributed by atoms with van der Waals surface area (Å²) < 4.78 is 51.4. The molecule has 0 saturated heterocycles. The Balaban J connectivity index is 2.07. The number of rotatable bonds is 2. The van der Waals surface area contributed by atoms with E-state index in [-0.39, 0.29) is 0 Å². The number of aromatic nitrogens is 1. The zero-order valence-corrected chi connectivity index (χ0v) is 14.7. The number of nitrogens with zero attached hydrogens (tertiary/aromatic N) is 1. The number of carbonyl (C=O) groups excluding carboxylic acids is 1. The molecule has 4 rings (SSSR count). The maximum atomic E-state index is 13.3. The van der Waals surface area contributed by atoms with Crippen LogP contribution in [0.15, 0.2) is 36.5 Å². The van der Waals surface area contributed by atoms with Gasteiger partial charge in [-0.25, -0.2) is 4.79 Å². The van der Waals surface area contributed by atoms with E-state index in [4.69, 9.17) is 9.47 Å². The molecule has 140 valence electrons. The first-order valence-corrected chi connectivity index (χ1v) is 8.35. The molecule has 0 amide bonds. The average Bonchev–Trinajstić information content (AvgIpc) is 3.00. The lowest BCUT2D eigenvalue weighted by Gasteiger charge is -2.19. The number of hydrogen-bond donors (Lipinski definition) is 0. The number of benzene rings is 1. The van der Waals surface area contributed by atoms with Crippen molar-refractivity contribution < 1.29 is 27.4 Å². The van der Waals surface area contributed by atoms with E-state index < -0.39 is 17.7 Å². The molecule has 0 saturated carbocycles. The summed E-state index contributed by atoms with van der Waals surface area (Å²) in [7, 11) is 2.83. The van der Waals surface area contributed by atoms with E-state index in [1.165, 1.54) is 17.6 Å². The number of halogens is 3. The molecular weight excluding hydrogens is 359 g/mol. The number of hydrogen-bond acceptors (Lipinski definition) is 3. The smallest absolute Gasteiger partial charge is 0.417 e. The lowest BCUT2D eigenvalue weighted by molar-refractivity contribution is -0.137. The maximum absolute atomic E-state index is 13.3. The van der Waals surface area contributed by atoms with Crippen LogP contribution in [0.4, 0.5) is 13.2 Å². The van der Waals surface area contributed by atoms with Gasteiger partial charge in [0.2, 0.25) is 0 Å². The Hall–Kier alpha value is -2.96. The Labute approximate surface area is 153 Å². The van der Waals surface area contributed by atoms with Gasteiger partial charge in [0.25, 0.3) is 0 Å². The molecule has 1 aliphatic carbocycles. The van der Waals surface area contributed by atoms with Crippen LogP contribution >= 0.6 is 0 Å². The lowest BCUT2D eigenvalue weighted by Crippen LogP contribution is -2.09. The van der Waals surface area contributed by atoms with E-state index in [0.717, 1.165) is 23.4 Å². The quantitative estimate of drug-likeness (QED) is 0.619. The number of carbonyl (C=O) groups is 1. The van der Waals surface area contributed by atoms with Crippen LogP contribution in [0.1, 0.15) is 27.0 Å². The second kappa shape index (κ2) is 6.04. The zero-order valence-electron chi connectivity index (χ0n) is 14.7. The van der Waals surface area contributed by atoms with Gasteiger partial charge in [0, 0.05) is 11.8 Å². The van der Waals surface area contributed by atoms with Crippen molar-refractivity contribution in [3.05, 3.63) is 58.8 Å². The lowest BCUT2D eigenvalue weighted by atomic mass is 9.88. The van der Waals surface area contributed by atoms with Gasteiger partial charge in [0.05, 0.1) is 36.6 Å². The predicted molar refractivity (Wildman–Crippen MR) is 93.1 cm³/mol. The predicted octanol–water partition coefficient (Wildman–Crippen LogP) is 4.52. The van der Waals surface area contributed by atoms with Crippen LogP contribution in [0.3, 0.4) is 0 Å². The Kier molecular flexibility index (Phi) is 3.91. The highest BCUT2D eigenvalue weighted by Crippen LogP contribution is 2.41. The first kappa shape index (κ1) is 17.5.